The number of carbonyl (C=O) groups excluding carboxylic acids is 1. The number of hydrogen-bond acceptors (Lipinski definition) is 7. The maximum absolute atomic E-state index is 12.8. The van der Waals surface area contributed by atoms with Crippen LogP contribution in [-0.4, -0.2) is 22.9 Å². The Morgan fingerprint density at radius 3 is 2.76 bits per heavy atom. The maximum atomic E-state index is 12.8. The summed E-state index contributed by atoms with van der Waals surface area (Å²) in [6, 6.07) is 12.0. The van der Waals surface area contributed by atoms with E-state index in [-0.39, 0.29) is 16.3 Å². The fourth-order valence-corrected chi connectivity index (χ4v) is 4.05. The molecule has 0 saturated heterocycles. The quantitative estimate of drug-likeness (QED) is 0.379. The van der Waals surface area contributed by atoms with Crippen molar-refractivity contribution < 1.29 is 14.5 Å². The number of nitrogen functional groups attached to an aromatic ring is 1. The number of benzene rings is 2. The first kappa shape index (κ1) is 18.6. The SMILES string of the molecule is COc1ccc(NC(=O)c2sc3nc4ccc(C)cc4cc3c2N)c([N+](=O)[O-])c1. The highest BCUT2D eigenvalue weighted by Gasteiger charge is 2.22. The van der Waals surface area contributed by atoms with Gasteiger partial charge in [-0.25, -0.2) is 4.98 Å². The number of anilines is 2. The lowest BCUT2D eigenvalue weighted by Gasteiger charge is -2.07. The molecule has 2 aromatic carbocycles. The Kier molecular flexibility index (Phi) is 4.51. The average molecular weight is 408 g/mol. The summed E-state index contributed by atoms with van der Waals surface area (Å²) in [5.74, 6) is -0.207. The van der Waals surface area contributed by atoms with Crippen molar-refractivity contribution in [2.75, 3.05) is 18.2 Å². The molecule has 0 spiro atoms. The molecule has 1 amide bonds. The standard InChI is InChI=1S/C20H16N4O4S/c1-10-3-5-14-11(7-10)8-13-17(21)18(29-20(13)23-14)19(25)22-15-6-4-12(28-2)9-16(15)24(26)27/h3-9H,21H2,1-2H3,(H,22,25). The van der Waals surface area contributed by atoms with Crippen molar-refractivity contribution in [1.82, 2.24) is 4.98 Å². The van der Waals surface area contributed by atoms with Gasteiger partial charge in [-0.1, -0.05) is 11.6 Å². The zero-order chi connectivity index (χ0) is 20.7. The number of aryl methyl sites for hydroxylation is 1. The number of hydrogen-bond donors (Lipinski definition) is 2. The zero-order valence-electron chi connectivity index (χ0n) is 15.6. The van der Waals surface area contributed by atoms with E-state index in [4.69, 9.17) is 10.5 Å². The number of ether oxygens (including phenoxy) is 1. The third-order valence-corrected chi connectivity index (χ3v) is 5.64. The predicted octanol–water partition coefficient (Wildman–Crippen LogP) is 4.51. The van der Waals surface area contributed by atoms with Crippen LogP contribution in [0.25, 0.3) is 21.1 Å². The van der Waals surface area contributed by atoms with Crippen LogP contribution in [0.4, 0.5) is 17.1 Å². The summed E-state index contributed by atoms with van der Waals surface area (Å²) in [6.07, 6.45) is 0. The van der Waals surface area contributed by atoms with E-state index in [0.29, 0.717) is 21.7 Å². The molecule has 0 saturated carbocycles. The summed E-state index contributed by atoms with van der Waals surface area (Å²) in [5, 5.41) is 15.5. The molecule has 0 aliphatic rings. The van der Waals surface area contributed by atoms with Crippen molar-refractivity contribution in [1.29, 1.82) is 0 Å². The molecule has 0 aliphatic heterocycles. The number of rotatable bonds is 4. The molecular weight excluding hydrogens is 392 g/mol. The number of aromatic nitrogens is 1. The van der Waals surface area contributed by atoms with Crippen LogP contribution in [0.2, 0.25) is 0 Å². The first-order valence-corrected chi connectivity index (χ1v) is 9.42. The number of methoxy groups -OCH3 is 1. The number of thiophene rings is 1. The van der Waals surface area contributed by atoms with Crippen LogP contribution in [0.3, 0.4) is 0 Å². The molecule has 0 atom stereocenters. The highest BCUT2D eigenvalue weighted by molar-refractivity contribution is 7.21. The molecule has 9 heteroatoms. The molecule has 2 heterocycles. The first-order valence-electron chi connectivity index (χ1n) is 8.60. The van der Waals surface area contributed by atoms with E-state index in [1.54, 1.807) is 0 Å². The minimum atomic E-state index is -0.580. The predicted molar refractivity (Wildman–Crippen MR) is 114 cm³/mol. The lowest BCUT2D eigenvalue weighted by atomic mass is 10.1. The van der Waals surface area contributed by atoms with Crippen LogP contribution in [0.1, 0.15) is 15.2 Å². The number of amides is 1. The number of carbonyl (C=O) groups is 1. The molecule has 2 aromatic heterocycles. The van der Waals surface area contributed by atoms with Gasteiger partial charge in [-0.3, -0.25) is 14.9 Å². The van der Waals surface area contributed by atoms with Crippen LogP contribution in [-0.2, 0) is 0 Å². The van der Waals surface area contributed by atoms with Gasteiger partial charge in [-0.05, 0) is 37.3 Å². The maximum Gasteiger partial charge on any atom is 0.296 e. The monoisotopic (exact) mass is 408 g/mol. The van der Waals surface area contributed by atoms with Crippen molar-refractivity contribution >= 4 is 55.4 Å². The summed E-state index contributed by atoms with van der Waals surface area (Å²) >= 11 is 1.15. The van der Waals surface area contributed by atoms with Crippen LogP contribution >= 0.6 is 11.3 Å². The summed E-state index contributed by atoms with van der Waals surface area (Å²) in [4.78, 5) is 29.1. The fraction of sp³-hybridized carbons (Fsp3) is 0.100. The topological polar surface area (TPSA) is 120 Å². The number of nitrogens with zero attached hydrogens (tertiary/aromatic N) is 2. The molecule has 146 valence electrons. The number of nitrogens with one attached hydrogen (secondary N) is 1. The lowest BCUT2D eigenvalue weighted by molar-refractivity contribution is -0.384. The van der Waals surface area contributed by atoms with Gasteiger partial charge in [-0.2, -0.15) is 0 Å². The molecule has 0 radical (unpaired) electrons. The molecule has 0 fully saturated rings. The van der Waals surface area contributed by atoms with Gasteiger partial charge < -0.3 is 15.8 Å². The van der Waals surface area contributed by atoms with Crippen molar-refractivity contribution in [3.63, 3.8) is 0 Å². The van der Waals surface area contributed by atoms with E-state index in [9.17, 15) is 14.9 Å². The van der Waals surface area contributed by atoms with E-state index in [0.717, 1.165) is 27.8 Å². The Morgan fingerprint density at radius 1 is 1.24 bits per heavy atom. The van der Waals surface area contributed by atoms with Crippen molar-refractivity contribution in [2.24, 2.45) is 0 Å². The normalized spacial score (nSPS) is 11.0. The minimum absolute atomic E-state index is 0.0615. The number of nitrogens with two attached hydrogens (primary N) is 1. The summed E-state index contributed by atoms with van der Waals surface area (Å²) < 4.78 is 5.01. The van der Waals surface area contributed by atoms with Crippen LogP contribution in [0.5, 0.6) is 5.75 Å². The molecular formula is C20H16N4O4S. The summed E-state index contributed by atoms with van der Waals surface area (Å²) in [5.41, 5.74) is 8.22. The molecule has 4 aromatic rings. The highest BCUT2D eigenvalue weighted by Crippen LogP contribution is 2.36. The molecule has 29 heavy (non-hydrogen) atoms. The van der Waals surface area contributed by atoms with E-state index in [2.05, 4.69) is 10.3 Å². The van der Waals surface area contributed by atoms with E-state index in [1.807, 2.05) is 31.2 Å². The minimum Gasteiger partial charge on any atom is -0.496 e. The van der Waals surface area contributed by atoms with Crippen LogP contribution in [0.15, 0.2) is 42.5 Å². The summed E-state index contributed by atoms with van der Waals surface area (Å²) in [7, 11) is 1.41. The molecule has 0 unspecified atom stereocenters. The number of nitro groups is 1. The van der Waals surface area contributed by atoms with E-state index >= 15 is 0 Å². The van der Waals surface area contributed by atoms with E-state index in [1.165, 1.54) is 25.3 Å². The van der Waals surface area contributed by atoms with E-state index < -0.39 is 10.8 Å². The second-order valence-electron chi connectivity index (χ2n) is 6.48. The van der Waals surface area contributed by atoms with Gasteiger partial charge in [0, 0.05) is 10.8 Å². The largest absolute Gasteiger partial charge is 0.496 e. The molecule has 3 N–H and O–H groups in total. The molecule has 0 bridgehead atoms. The van der Waals surface area contributed by atoms with Gasteiger partial charge in [-0.15, -0.1) is 11.3 Å². The Balaban J connectivity index is 1.75. The highest BCUT2D eigenvalue weighted by atomic mass is 32.1. The smallest absolute Gasteiger partial charge is 0.296 e. The van der Waals surface area contributed by atoms with Gasteiger partial charge in [0.25, 0.3) is 11.6 Å². The molecule has 0 aliphatic carbocycles. The first-order chi connectivity index (χ1) is 13.9. The Bertz CT molecular complexity index is 1300. The Hall–Kier alpha value is -3.72. The van der Waals surface area contributed by atoms with Gasteiger partial charge in [0.15, 0.2) is 0 Å². The molecule has 8 nitrogen and oxygen atoms in total. The summed E-state index contributed by atoms with van der Waals surface area (Å²) in [6.45, 7) is 1.99. The fourth-order valence-electron chi connectivity index (χ4n) is 3.07. The van der Waals surface area contributed by atoms with Crippen molar-refractivity contribution in [3.8, 4) is 5.75 Å². The Labute approximate surface area is 169 Å². The van der Waals surface area contributed by atoms with Gasteiger partial charge in [0.2, 0.25) is 0 Å². The van der Waals surface area contributed by atoms with Crippen LogP contribution in [0, 0.1) is 17.0 Å². The number of nitro benzene ring substituents is 1. The van der Waals surface area contributed by atoms with Gasteiger partial charge >= 0.3 is 0 Å². The third kappa shape index (κ3) is 3.32. The number of fused-ring (bicyclic) bond motifs is 2. The van der Waals surface area contributed by atoms with Crippen molar-refractivity contribution in [2.45, 2.75) is 6.92 Å². The third-order valence-electron chi connectivity index (χ3n) is 4.52. The van der Waals surface area contributed by atoms with Gasteiger partial charge in [0.05, 0.1) is 29.3 Å². The second kappa shape index (κ2) is 7.02. The second-order valence-corrected chi connectivity index (χ2v) is 7.48. The van der Waals surface area contributed by atoms with Crippen LogP contribution < -0.4 is 15.8 Å². The molecule has 4 rings (SSSR count). The zero-order valence-corrected chi connectivity index (χ0v) is 16.4. The lowest BCUT2D eigenvalue weighted by Crippen LogP contribution is -2.13. The number of pyridine rings is 1. The van der Waals surface area contributed by atoms with Crippen molar-refractivity contribution in [3.05, 3.63) is 63.0 Å². The Morgan fingerprint density at radius 2 is 2.03 bits per heavy atom. The van der Waals surface area contributed by atoms with Gasteiger partial charge in [0.1, 0.15) is 21.1 Å². The average Bonchev–Trinajstić information content (AvgIpc) is 3.02.